The van der Waals surface area contributed by atoms with Crippen molar-refractivity contribution in [2.24, 2.45) is 0 Å². The van der Waals surface area contributed by atoms with Gasteiger partial charge in [-0.25, -0.2) is 4.98 Å². The molecule has 0 saturated carbocycles. The molecule has 204 valence electrons. The minimum Gasteiger partial charge on any atom is -0.507 e. The maximum absolute atomic E-state index is 10.3. The summed E-state index contributed by atoms with van der Waals surface area (Å²) in [5.74, 6) is 0.913. The molecule has 0 fully saturated rings. The summed E-state index contributed by atoms with van der Waals surface area (Å²) in [6.07, 6.45) is 1.92. The van der Waals surface area contributed by atoms with Crippen molar-refractivity contribution in [2.45, 2.75) is 46.0 Å². The van der Waals surface area contributed by atoms with Gasteiger partial charge in [-0.1, -0.05) is 82.1 Å². The number of benzene rings is 4. The minimum absolute atomic E-state index is 0. The number of phenols is 1. The zero-order valence-corrected chi connectivity index (χ0v) is 25.5. The summed E-state index contributed by atoms with van der Waals surface area (Å²) in [5, 5.41) is 11.5. The third kappa shape index (κ3) is 4.97. The fourth-order valence-corrected chi connectivity index (χ4v) is 5.14. The summed E-state index contributed by atoms with van der Waals surface area (Å²) in [4.78, 5) is 9.64. The summed E-state index contributed by atoms with van der Waals surface area (Å²) in [7, 11) is 0. The van der Waals surface area contributed by atoms with E-state index in [1.54, 1.807) is 18.2 Å². The quantitative estimate of drug-likeness (QED) is 0.186. The van der Waals surface area contributed by atoms with Crippen molar-refractivity contribution in [1.82, 2.24) is 9.97 Å². The molecule has 6 aromatic rings. The van der Waals surface area contributed by atoms with Gasteiger partial charge in [0, 0.05) is 32.8 Å². The van der Waals surface area contributed by atoms with Crippen LogP contribution in [0.25, 0.3) is 55.7 Å². The molecule has 5 heteroatoms. The molecule has 2 aromatic heterocycles. The largest absolute Gasteiger partial charge is 0.507 e. The topological polar surface area (TPSA) is 59.2 Å². The first kappa shape index (κ1) is 27.8. The Hall–Kier alpha value is -3.75. The molecule has 6 rings (SSSR count). The standard InChI is InChI=1S/C35H31N2O2.Pt/c1-21(2)25-16-17-36-32-28(19-24(20-29(25)32)35(3,4)5)23-11-8-10-22(18-23)26-13-9-15-31-33(26)37-34(39-31)27-12-6-7-14-30(27)38;/h6-17,19-21,38H,1-5H3;/q-1;. The van der Waals surface area contributed by atoms with Gasteiger partial charge < -0.3 is 9.52 Å². The Morgan fingerprint density at radius 3 is 2.23 bits per heavy atom. The van der Waals surface area contributed by atoms with Gasteiger partial charge in [0.05, 0.1) is 11.1 Å². The van der Waals surface area contributed by atoms with E-state index in [2.05, 4.69) is 77.1 Å². The zero-order valence-electron chi connectivity index (χ0n) is 23.2. The molecule has 0 spiro atoms. The second-order valence-electron chi connectivity index (χ2n) is 11.4. The summed E-state index contributed by atoms with van der Waals surface area (Å²) in [5.41, 5.74) is 9.40. The van der Waals surface area contributed by atoms with Gasteiger partial charge in [0.1, 0.15) is 11.3 Å². The third-order valence-corrected chi connectivity index (χ3v) is 7.30. The Morgan fingerprint density at radius 1 is 0.800 bits per heavy atom. The van der Waals surface area contributed by atoms with Crippen LogP contribution in [0.5, 0.6) is 5.75 Å². The van der Waals surface area contributed by atoms with E-state index in [4.69, 9.17) is 14.4 Å². The number of hydrogen-bond donors (Lipinski definition) is 1. The number of aromatic nitrogens is 2. The Balaban J connectivity index is 0.00000323. The van der Waals surface area contributed by atoms with Gasteiger partial charge in [-0.3, -0.25) is 4.98 Å². The van der Waals surface area contributed by atoms with Crippen molar-refractivity contribution < 1.29 is 30.6 Å². The molecular formula is C35H31N2O2Pt-. The van der Waals surface area contributed by atoms with E-state index in [0.29, 0.717) is 23.0 Å². The van der Waals surface area contributed by atoms with E-state index in [-0.39, 0.29) is 32.2 Å². The fraction of sp³-hybridized carbons (Fsp3) is 0.200. The first-order valence-corrected chi connectivity index (χ1v) is 13.3. The predicted molar refractivity (Wildman–Crippen MR) is 159 cm³/mol. The van der Waals surface area contributed by atoms with Gasteiger partial charge in [0.25, 0.3) is 0 Å². The monoisotopic (exact) mass is 706 g/mol. The molecule has 0 bridgehead atoms. The average molecular weight is 707 g/mol. The third-order valence-electron chi connectivity index (χ3n) is 7.30. The molecule has 4 nitrogen and oxygen atoms in total. The molecule has 0 saturated heterocycles. The second kappa shape index (κ2) is 10.7. The predicted octanol–water partition coefficient (Wildman–Crippen LogP) is 9.30. The molecule has 1 N–H and O–H groups in total. The minimum atomic E-state index is -0.0175. The van der Waals surface area contributed by atoms with Crippen LogP contribution < -0.4 is 0 Å². The van der Waals surface area contributed by atoms with E-state index in [1.165, 1.54) is 16.5 Å². The van der Waals surface area contributed by atoms with E-state index in [0.717, 1.165) is 33.3 Å². The van der Waals surface area contributed by atoms with Crippen LogP contribution in [0.2, 0.25) is 0 Å². The summed E-state index contributed by atoms with van der Waals surface area (Å²) in [6.45, 7) is 11.2. The average Bonchev–Trinajstić information content (AvgIpc) is 3.36. The van der Waals surface area contributed by atoms with Crippen LogP contribution in [0.15, 0.2) is 89.5 Å². The number of hydrogen-bond acceptors (Lipinski definition) is 4. The van der Waals surface area contributed by atoms with Gasteiger partial charge >= 0.3 is 0 Å². The number of para-hydroxylation sites is 2. The number of rotatable bonds is 4. The van der Waals surface area contributed by atoms with Crippen LogP contribution in [0, 0.1) is 6.07 Å². The molecule has 0 amide bonds. The molecule has 0 unspecified atom stereocenters. The molecule has 2 heterocycles. The Morgan fingerprint density at radius 2 is 1.50 bits per heavy atom. The van der Waals surface area contributed by atoms with Gasteiger partial charge in [0.15, 0.2) is 0 Å². The van der Waals surface area contributed by atoms with E-state index >= 15 is 0 Å². The van der Waals surface area contributed by atoms with Gasteiger partial charge in [-0.05, 0) is 52.1 Å². The summed E-state index contributed by atoms with van der Waals surface area (Å²) >= 11 is 0. The summed E-state index contributed by atoms with van der Waals surface area (Å²) in [6, 6.07) is 29.6. The van der Waals surface area contributed by atoms with E-state index in [1.807, 2.05) is 30.5 Å². The number of pyridine rings is 1. The van der Waals surface area contributed by atoms with Crippen molar-refractivity contribution in [3.8, 4) is 39.5 Å². The maximum atomic E-state index is 10.3. The van der Waals surface area contributed by atoms with Gasteiger partial charge in [-0.15, -0.1) is 35.4 Å². The van der Waals surface area contributed by atoms with Crippen molar-refractivity contribution in [2.75, 3.05) is 0 Å². The van der Waals surface area contributed by atoms with Crippen molar-refractivity contribution in [3.63, 3.8) is 0 Å². The van der Waals surface area contributed by atoms with Crippen LogP contribution in [-0.4, -0.2) is 15.1 Å². The van der Waals surface area contributed by atoms with Crippen molar-refractivity contribution in [1.29, 1.82) is 0 Å². The van der Waals surface area contributed by atoms with Crippen LogP contribution in [0.4, 0.5) is 0 Å². The fourth-order valence-electron chi connectivity index (χ4n) is 5.14. The molecule has 0 atom stereocenters. The normalized spacial score (nSPS) is 11.8. The molecule has 40 heavy (non-hydrogen) atoms. The molecule has 0 aliphatic rings. The first-order chi connectivity index (χ1) is 18.7. The molecule has 0 radical (unpaired) electrons. The maximum Gasteiger partial charge on any atom is 0.230 e. The molecule has 0 aliphatic carbocycles. The van der Waals surface area contributed by atoms with Crippen LogP contribution >= 0.6 is 0 Å². The molecular weight excluding hydrogens is 675 g/mol. The van der Waals surface area contributed by atoms with Crippen molar-refractivity contribution in [3.05, 3.63) is 102 Å². The van der Waals surface area contributed by atoms with E-state index < -0.39 is 0 Å². The number of phenolic OH excluding ortho intramolecular Hbond substituents is 1. The second-order valence-corrected chi connectivity index (χ2v) is 11.4. The Bertz CT molecular complexity index is 1850. The van der Waals surface area contributed by atoms with E-state index in [9.17, 15) is 5.11 Å². The van der Waals surface area contributed by atoms with Crippen molar-refractivity contribution >= 4 is 22.0 Å². The van der Waals surface area contributed by atoms with Crippen LogP contribution in [0.3, 0.4) is 0 Å². The Kier molecular flexibility index (Phi) is 7.42. The number of nitrogens with zero attached hydrogens (tertiary/aromatic N) is 2. The van der Waals surface area contributed by atoms with Gasteiger partial charge in [0.2, 0.25) is 5.89 Å². The Labute approximate surface area is 249 Å². The molecule has 4 aromatic carbocycles. The number of oxazole rings is 1. The first-order valence-electron chi connectivity index (χ1n) is 13.3. The smallest absolute Gasteiger partial charge is 0.230 e. The SMILES string of the molecule is CC(C)c1ccnc2c(-c3[c-]c(-c4cccc5oc(-c6ccccc6O)nc45)ccc3)cc(C(C)(C)C)cc12.[Pt]. The summed E-state index contributed by atoms with van der Waals surface area (Å²) < 4.78 is 6.06. The van der Waals surface area contributed by atoms with Crippen LogP contribution in [-0.2, 0) is 26.5 Å². The zero-order chi connectivity index (χ0) is 27.3. The number of aromatic hydroxyl groups is 1. The molecule has 0 aliphatic heterocycles. The van der Waals surface area contributed by atoms with Gasteiger partial charge in [-0.2, -0.15) is 0 Å². The number of fused-ring (bicyclic) bond motifs is 2. The van der Waals surface area contributed by atoms with Crippen LogP contribution in [0.1, 0.15) is 51.7 Å².